The quantitative estimate of drug-likeness (QED) is 0.810. The van der Waals surface area contributed by atoms with Crippen molar-refractivity contribution in [3.63, 3.8) is 0 Å². The summed E-state index contributed by atoms with van der Waals surface area (Å²) in [7, 11) is 0. The second-order valence-electron chi connectivity index (χ2n) is 3.85. The first-order chi connectivity index (χ1) is 8.66. The van der Waals surface area contributed by atoms with E-state index < -0.39 is 0 Å². The molecule has 0 aliphatic heterocycles. The molecular formula is C14H12BrNO2. The maximum atomic E-state index is 11.4. The molecule has 1 aromatic heterocycles. The van der Waals surface area contributed by atoms with E-state index in [-0.39, 0.29) is 5.78 Å². The lowest BCUT2D eigenvalue weighted by atomic mass is 10.1. The number of carbonyl (C=O) groups is 1. The fourth-order valence-corrected chi connectivity index (χ4v) is 1.99. The van der Waals surface area contributed by atoms with Crippen LogP contribution >= 0.6 is 15.9 Å². The number of ether oxygens (including phenoxy) is 1. The number of hydrogen-bond donors (Lipinski definition) is 0. The summed E-state index contributed by atoms with van der Waals surface area (Å²) in [5.41, 5.74) is 1.54. The Morgan fingerprint density at radius 2 is 2.11 bits per heavy atom. The Hall–Kier alpha value is -1.68. The van der Waals surface area contributed by atoms with E-state index in [2.05, 4.69) is 20.9 Å². The molecule has 0 atom stereocenters. The lowest BCUT2D eigenvalue weighted by Gasteiger charge is -2.09. The second kappa shape index (κ2) is 5.78. The Morgan fingerprint density at radius 1 is 1.33 bits per heavy atom. The average molecular weight is 306 g/mol. The number of hydrogen-bond acceptors (Lipinski definition) is 3. The fraction of sp³-hybridized carbons (Fsp3) is 0.143. The predicted molar refractivity (Wildman–Crippen MR) is 72.7 cm³/mol. The van der Waals surface area contributed by atoms with Gasteiger partial charge in [0.05, 0.1) is 5.56 Å². The Balaban J connectivity index is 2.13. The van der Waals surface area contributed by atoms with Gasteiger partial charge in [0.15, 0.2) is 5.78 Å². The summed E-state index contributed by atoms with van der Waals surface area (Å²) >= 11 is 3.35. The molecule has 0 spiro atoms. The first-order valence-corrected chi connectivity index (χ1v) is 6.28. The zero-order valence-corrected chi connectivity index (χ0v) is 11.5. The van der Waals surface area contributed by atoms with Crippen LogP contribution in [0.3, 0.4) is 0 Å². The summed E-state index contributed by atoms with van der Waals surface area (Å²) in [4.78, 5) is 15.5. The molecule has 92 valence electrons. The molecular weight excluding hydrogens is 294 g/mol. The molecule has 0 amide bonds. The van der Waals surface area contributed by atoms with E-state index in [4.69, 9.17) is 4.74 Å². The van der Waals surface area contributed by atoms with E-state index in [1.807, 2.05) is 18.2 Å². The summed E-state index contributed by atoms with van der Waals surface area (Å²) in [6, 6.07) is 9.16. The summed E-state index contributed by atoms with van der Waals surface area (Å²) in [6.45, 7) is 1.92. The number of ketones is 1. The highest BCUT2D eigenvalue weighted by molar-refractivity contribution is 9.10. The number of halogens is 1. The van der Waals surface area contributed by atoms with Gasteiger partial charge in [0.2, 0.25) is 0 Å². The number of rotatable bonds is 4. The van der Waals surface area contributed by atoms with Crippen molar-refractivity contribution in [1.29, 1.82) is 0 Å². The van der Waals surface area contributed by atoms with Crippen LogP contribution in [-0.2, 0) is 6.61 Å². The molecule has 18 heavy (non-hydrogen) atoms. The molecule has 4 heteroatoms. The molecule has 2 aromatic rings. The Kier molecular flexibility index (Phi) is 4.10. The molecule has 0 aliphatic carbocycles. The summed E-state index contributed by atoms with van der Waals surface area (Å²) in [5.74, 6) is 0.600. The van der Waals surface area contributed by atoms with Crippen LogP contribution in [0.1, 0.15) is 22.8 Å². The van der Waals surface area contributed by atoms with Crippen molar-refractivity contribution >= 4 is 21.7 Å². The van der Waals surface area contributed by atoms with Gasteiger partial charge in [0.25, 0.3) is 0 Å². The van der Waals surface area contributed by atoms with Crippen LogP contribution in [-0.4, -0.2) is 10.8 Å². The summed E-state index contributed by atoms with van der Waals surface area (Å²) < 4.78 is 6.56. The predicted octanol–water partition coefficient (Wildman–Crippen LogP) is 3.63. The van der Waals surface area contributed by atoms with Gasteiger partial charge in [-0.1, -0.05) is 12.1 Å². The highest BCUT2D eigenvalue weighted by atomic mass is 79.9. The maximum absolute atomic E-state index is 11.4. The molecule has 0 fully saturated rings. The minimum atomic E-state index is -0.00188. The minimum Gasteiger partial charge on any atom is -0.488 e. The van der Waals surface area contributed by atoms with Crippen molar-refractivity contribution in [3.05, 3.63) is 58.3 Å². The molecule has 3 nitrogen and oxygen atoms in total. The van der Waals surface area contributed by atoms with Gasteiger partial charge in [-0.15, -0.1) is 0 Å². The number of Topliss-reactive ketones (excluding diaryl/α,β-unsaturated/α-hetero) is 1. The molecule has 1 aromatic carbocycles. The van der Waals surface area contributed by atoms with Crippen molar-refractivity contribution in [3.8, 4) is 5.75 Å². The van der Waals surface area contributed by atoms with E-state index in [1.165, 1.54) is 6.92 Å². The summed E-state index contributed by atoms with van der Waals surface area (Å²) in [5, 5.41) is 0. The number of benzene rings is 1. The van der Waals surface area contributed by atoms with Gasteiger partial charge in [-0.3, -0.25) is 9.78 Å². The van der Waals surface area contributed by atoms with Gasteiger partial charge < -0.3 is 4.74 Å². The third-order valence-electron chi connectivity index (χ3n) is 2.42. The minimum absolute atomic E-state index is 0.00188. The Morgan fingerprint density at radius 3 is 2.83 bits per heavy atom. The number of aromatic nitrogens is 1. The van der Waals surface area contributed by atoms with Crippen molar-refractivity contribution in [2.24, 2.45) is 0 Å². The van der Waals surface area contributed by atoms with Gasteiger partial charge in [-0.25, -0.2) is 0 Å². The highest BCUT2D eigenvalue weighted by Gasteiger charge is 2.07. The topological polar surface area (TPSA) is 39.2 Å². The van der Waals surface area contributed by atoms with Crippen LogP contribution < -0.4 is 4.74 Å². The molecule has 2 rings (SSSR count). The van der Waals surface area contributed by atoms with Gasteiger partial charge in [-0.2, -0.15) is 0 Å². The summed E-state index contributed by atoms with van der Waals surface area (Å²) in [6.07, 6.45) is 3.45. The third-order valence-corrected chi connectivity index (χ3v) is 2.86. The number of nitrogens with zero attached hydrogens (tertiary/aromatic N) is 1. The Bertz CT molecular complexity index is 569. The highest BCUT2D eigenvalue weighted by Crippen LogP contribution is 2.20. The molecule has 0 bridgehead atoms. The second-order valence-corrected chi connectivity index (χ2v) is 4.77. The number of carbonyl (C=O) groups excluding carboxylic acids is 1. The van der Waals surface area contributed by atoms with Crippen molar-refractivity contribution in [2.75, 3.05) is 0 Å². The standard InChI is InChI=1S/C14H12BrNO2/c1-10(17)13-4-2-3-5-14(13)18-9-11-6-12(15)8-16-7-11/h2-8H,9H2,1H3. The Labute approximate surface area is 114 Å². The van der Waals surface area contributed by atoms with E-state index in [9.17, 15) is 4.79 Å². The molecule has 0 N–H and O–H groups in total. The molecule has 0 aliphatic rings. The largest absolute Gasteiger partial charge is 0.488 e. The van der Waals surface area contributed by atoms with Crippen molar-refractivity contribution in [2.45, 2.75) is 13.5 Å². The smallest absolute Gasteiger partial charge is 0.163 e. The van der Waals surface area contributed by atoms with E-state index >= 15 is 0 Å². The normalized spacial score (nSPS) is 10.1. The average Bonchev–Trinajstić information content (AvgIpc) is 2.37. The van der Waals surface area contributed by atoms with Crippen LogP contribution in [0.2, 0.25) is 0 Å². The lowest BCUT2D eigenvalue weighted by molar-refractivity contribution is 0.101. The zero-order valence-electron chi connectivity index (χ0n) is 9.89. The first-order valence-electron chi connectivity index (χ1n) is 5.49. The SMILES string of the molecule is CC(=O)c1ccccc1OCc1cncc(Br)c1. The van der Waals surface area contributed by atoms with Crippen LogP contribution in [0.4, 0.5) is 0 Å². The van der Waals surface area contributed by atoms with Gasteiger partial charge in [0.1, 0.15) is 12.4 Å². The van der Waals surface area contributed by atoms with E-state index in [0.717, 1.165) is 10.0 Å². The third kappa shape index (κ3) is 3.17. The van der Waals surface area contributed by atoms with Crippen LogP contribution in [0.25, 0.3) is 0 Å². The van der Waals surface area contributed by atoms with Crippen LogP contribution in [0.15, 0.2) is 47.2 Å². The van der Waals surface area contributed by atoms with E-state index in [1.54, 1.807) is 24.5 Å². The number of para-hydroxylation sites is 1. The molecule has 0 saturated heterocycles. The van der Waals surface area contributed by atoms with Gasteiger partial charge in [-0.05, 0) is 41.1 Å². The molecule has 1 heterocycles. The molecule has 0 radical (unpaired) electrons. The fourth-order valence-electron chi connectivity index (χ4n) is 1.58. The monoisotopic (exact) mass is 305 g/mol. The van der Waals surface area contributed by atoms with Crippen molar-refractivity contribution in [1.82, 2.24) is 4.98 Å². The van der Waals surface area contributed by atoms with Crippen LogP contribution in [0, 0.1) is 0 Å². The van der Waals surface area contributed by atoms with Crippen LogP contribution in [0.5, 0.6) is 5.75 Å². The van der Waals surface area contributed by atoms with Crippen molar-refractivity contribution < 1.29 is 9.53 Å². The van der Waals surface area contributed by atoms with E-state index in [0.29, 0.717) is 17.9 Å². The van der Waals surface area contributed by atoms with Gasteiger partial charge in [0, 0.05) is 22.4 Å². The maximum Gasteiger partial charge on any atom is 0.163 e. The molecule has 0 unspecified atom stereocenters. The zero-order chi connectivity index (χ0) is 13.0. The lowest BCUT2D eigenvalue weighted by Crippen LogP contribution is -2.01. The number of pyridine rings is 1. The molecule has 0 saturated carbocycles. The first kappa shape index (κ1) is 12.8. The van der Waals surface area contributed by atoms with Gasteiger partial charge >= 0.3 is 0 Å².